The predicted octanol–water partition coefficient (Wildman–Crippen LogP) is 4.15. The Balaban J connectivity index is 1.36. The fourth-order valence-electron chi connectivity index (χ4n) is 5.06. The lowest BCUT2D eigenvalue weighted by atomic mass is 9.82. The maximum Gasteiger partial charge on any atom is 0.415 e. The molecule has 1 amide bonds. The monoisotopic (exact) mass is 533 g/mol. The van der Waals surface area contributed by atoms with E-state index in [4.69, 9.17) is 9.47 Å². The molecule has 2 unspecified atom stereocenters. The molecule has 0 spiro atoms. The lowest BCUT2D eigenvalue weighted by Crippen LogP contribution is -2.55. The number of rotatable bonds is 8. The highest BCUT2D eigenvalue weighted by molar-refractivity contribution is 7.87. The predicted molar refractivity (Wildman–Crippen MR) is 139 cm³/mol. The van der Waals surface area contributed by atoms with Crippen molar-refractivity contribution < 1.29 is 27.1 Å². The van der Waals surface area contributed by atoms with Gasteiger partial charge in [0.2, 0.25) is 0 Å². The zero-order chi connectivity index (χ0) is 26.4. The van der Waals surface area contributed by atoms with Gasteiger partial charge in [0, 0.05) is 39.1 Å². The molecule has 1 saturated heterocycles. The van der Waals surface area contributed by atoms with Crippen LogP contribution in [0.25, 0.3) is 0 Å². The molecule has 1 aliphatic heterocycles. The van der Waals surface area contributed by atoms with E-state index in [0.29, 0.717) is 37.8 Å². The van der Waals surface area contributed by atoms with Gasteiger partial charge in [-0.15, -0.1) is 0 Å². The topological polar surface area (TPSA) is 88.2 Å². The van der Waals surface area contributed by atoms with Crippen LogP contribution >= 0.6 is 0 Å². The SMILES string of the molecule is CN(C)S(=O)(=O)NC1CCN(C(=O)Oc2ccccc2)CC1CO[C@H]1CC[C@@H](c2cccc(F)c2)CC1. The molecule has 0 aromatic heterocycles. The van der Waals surface area contributed by atoms with Gasteiger partial charge in [-0.2, -0.15) is 17.4 Å². The Hall–Kier alpha value is -2.53. The molecule has 0 bridgehead atoms. The first-order valence-electron chi connectivity index (χ1n) is 12.8. The molecule has 0 radical (unpaired) electrons. The summed E-state index contributed by atoms with van der Waals surface area (Å²) in [6.07, 6.45) is 3.56. The summed E-state index contributed by atoms with van der Waals surface area (Å²) in [7, 11) is -0.672. The van der Waals surface area contributed by atoms with Gasteiger partial charge >= 0.3 is 6.09 Å². The summed E-state index contributed by atoms with van der Waals surface area (Å²) in [5, 5.41) is 0. The number of hydrogen-bond donors (Lipinski definition) is 1. The highest BCUT2D eigenvalue weighted by Crippen LogP contribution is 2.34. The Labute approximate surface area is 218 Å². The maximum atomic E-state index is 13.6. The summed E-state index contributed by atoms with van der Waals surface area (Å²) in [4.78, 5) is 14.4. The molecule has 1 heterocycles. The second-order valence-electron chi connectivity index (χ2n) is 10.0. The van der Waals surface area contributed by atoms with Crippen molar-refractivity contribution >= 4 is 16.3 Å². The standard InChI is InChI=1S/C27H36FN3O5S/c1-30(2)37(33,34)29-26-15-16-31(27(32)36-25-9-4-3-5-10-25)18-22(26)19-35-24-13-11-20(12-14-24)21-7-6-8-23(28)17-21/h3-10,17,20,22,24,26,29H,11-16,18-19H2,1-2H3/t20-,22?,24+,26?. The summed E-state index contributed by atoms with van der Waals surface area (Å²) in [6, 6.07) is 15.3. The first-order chi connectivity index (χ1) is 17.7. The molecule has 202 valence electrons. The quantitative estimate of drug-likeness (QED) is 0.551. The largest absolute Gasteiger partial charge is 0.415 e. The first kappa shape index (κ1) is 27.5. The molecular weight excluding hydrogens is 497 g/mol. The van der Waals surface area contributed by atoms with Crippen LogP contribution in [-0.4, -0.2) is 69.7 Å². The van der Waals surface area contributed by atoms with E-state index in [1.54, 1.807) is 41.3 Å². The molecule has 8 nitrogen and oxygen atoms in total. The number of nitrogens with one attached hydrogen (secondary N) is 1. The normalized spacial score (nSPS) is 24.7. The molecule has 2 atom stereocenters. The number of likely N-dealkylation sites (tertiary alicyclic amines) is 1. The number of hydrogen-bond acceptors (Lipinski definition) is 5. The van der Waals surface area contributed by atoms with Gasteiger partial charge in [0.05, 0.1) is 12.7 Å². The van der Waals surface area contributed by atoms with Gasteiger partial charge in [-0.05, 0) is 67.9 Å². The van der Waals surface area contributed by atoms with Crippen LogP contribution in [0.5, 0.6) is 5.75 Å². The molecule has 4 rings (SSSR count). The van der Waals surface area contributed by atoms with Gasteiger partial charge in [-0.25, -0.2) is 9.18 Å². The number of benzene rings is 2. The lowest BCUT2D eigenvalue weighted by Gasteiger charge is -2.39. The Kier molecular flexibility index (Phi) is 9.17. The van der Waals surface area contributed by atoms with Crippen molar-refractivity contribution in [1.82, 2.24) is 13.9 Å². The molecule has 2 aromatic carbocycles. The van der Waals surface area contributed by atoms with E-state index < -0.39 is 16.3 Å². The molecule has 1 saturated carbocycles. The Morgan fingerprint density at radius 1 is 1.05 bits per heavy atom. The Morgan fingerprint density at radius 2 is 1.78 bits per heavy atom. The number of carbonyl (C=O) groups excluding carboxylic acids is 1. The summed E-state index contributed by atoms with van der Waals surface area (Å²) in [6.45, 7) is 1.03. The number of piperidine rings is 1. The minimum atomic E-state index is -3.64. The Bertz CT molecular complexity index is 1140. The molecule has 10 heteroatoms. The van der Waals surface area contributed by atoms with Crippen LogP contribution in [0.3, 0.4) is 0 Å². The minimum Gasteiger partial charge on any atom is -0.410 e. The van der Waals surface area contributed by atoms with E-state index in [0.717, 1.165) is 35.6 Å². The van der Waals surface area contributed by atoms with Gasteiger partial charge in [0.1, 0.15) is 11.6 Å². The molecule has 1 aliphatic carbocycles. The minimum absolute atomic E-state index is 0.0440. The second-order valence-corrected chi connectivity index (χ2v) is 12.0. The second kappa shape index (κ2) is 12.3. The lowest BCUT2D eigenvalue weighted by molar-refractivity contribution is -0.0146. The number of halogens is 1. The smallest absolute Gasteiger partial charge is 0.410 e. The van der Waals surface area contributed by atoms with Crippen molar-refractivity contribution in [2.75, 3.05) is 33.8 Å². The summed E-state index contributed by atoms with van der Waals surface area (Å²) >= 11 is 0. The van der Waals surface area contributed by atoms with Crippen molar-refractivity contribution in [3.8, 4) is 5.75 Å². The van der Waals surface area contributed by atoms with Gasteiger partial charge in [-0.3, -0.25) is 0 Å². The first-order valence-corrected chi connectivity index (χ1v) is 14.2. The van der Waals surface area contributed by atoms with E-state index in [1.165, 1.54) is 20.2 Å². The van der Waals surface area contributed by atoms with E-state index in [1.807, 2.05) is 12.1 Å². The Morgan fingerprint density at radius 3 is 2.46 bits per heavy atom. The number of para-hydroxylation sites is 1. The molecule has 2 aliphatic rings. The molecule has 1 N–H and O–H groups in total. The van der Waals surface area contributed by atoms with Crippen molar-refractivity contribution in [2.24, 2.45) is 5.92 Å². The highest BCUT2D eigenvalue weighted by atomic mass is 32.2. The third-order valence-electron chi connectivity index (χ3n) is 7.26. The highest BCUT2D eigenvalue weighted by Gasteiger charge is 2.36. The van der Waals surface area contributed by atoms with E-state index >= 15 is 0 Å². The number of nitrogens with zero attached hydrogens (tertiary/aromatic N) is 2. The van der Waals surface area contributed by atoms with Crippen LogP contribution in [0.1, 0.15) is 43.6 Å². The number of carbonyl (C=O) groups is 1. The van der Waals surface area contributed by atoms with Crippen LogP contribution < -0.4 is 9.46 Å². The fourth-order valence-corrected chi connectivity index (χ4v) is 5.96. The number of ether oxygens (including phenoxy) is 2. The maximum absolute atomic E-state index is 13.6. The summed E-state index contributed by atoms with van der Waals surface area (Å²) < 4.78 is 54.4. The van der Waals surface area contributed by atoms with Crippen LogP contribution in [0.15, 0.2) is 54.6 Å². The zero-order valence-electron chi connectivity index (χ0n) is 21.4. The third kappa shape index (κ3) is 7.50. The molecule has 37 heavy (non-hydrogen) atoms. The number of amides is 1. The van der Waals surface area contributed by atoms with Crippen LogP contribution in [0.4, 0.5) is 9.18 Å². The van der Waals surface area contributed by atoms with E-state index in [-0.39, 0.29) is 23.9 Å². The third-order valence-corrected chi connectivity index (χ3v) is 8.82. The summed E-state index contributed by atoms with van der Waals surface area (Å²) in [5.41, 5.74) is 1.02. The van der Waals surface area contributed by atoms with Crippen molar-refractivity contribution in [2.45, 2.75) is 50.2 Å². The molecule has 2 fully saturated rings. The average Bonchev–Trinajstić information content (AvgIpc) is 2.88. The van der Waals surface area contributed by atoms with Crippen molar-refractivity contribution in [1.29, 1.82) is 0 Å². The zero-order valence-corrected chi connectivity index (χ0v) is 22.2. The van der Waals surface area contributed by atoms with Crippen molar-refractivity contribution in [3.63, 3.8) is 0 Å². The van der Waals surface area contributed by atoms with Crippen LogP contribution in [0, 0.1) is 11.7 Å². The average molecular weight is 534 g/mol. The van der Waals surface area contributed by atoms with Crippen LogP contribution in [-0.2, 0) is 14.9 Å². The fraction of sp³-hybridized carbons (Fsp3) is 0.519. The summed E-state index contributed by atoms with van der Waals surface area (Å²) in [5.74, 6) is 0.335. The van der Waals surface area contributed by atoms with Gasteiger partial charge < -0.3 is 14.4 Å². The van der Waals surface area contributed by atoms with Gasteiger partial charge in [0.25, 0.3) is 10.2 Å². The van der Waals surface area contributed by atoms with Crippen molar-refractivity contribution in [3.05, 3.63) is 66.0 Å². The van der Waals surface area contributed by atoms with E-state index in [2.05, 4.69) is 4.72 Å². The van der Waals surface area contributed by atoms with E-state index in [9.17, 15) is 17.6 Å². The van der Waals surface area contributed by atoms with Crippen LogP contribution in [0.2, 0.25) is 0 Å². The van der Waals surface area contributed by atoms with Gasteiger partial charge in [-0.1, -0.05) is 30.3 Å². The van der Waals surface area contributed by atoms with Gasteiger partial charge in [0.15, 0.2) is 0 Å². The molecular formula is C27H36FN3O5S. The molecule has 2 aromatic rings.